The van der Waals surface area contributed by atoms with Crippen LogP contribution in [-0.4, -0.2) is 58.7 Å². The molecule has 0 unspecified atom stereocenters. The quantitative estimate of drug-likeness (QED) is 0.280. The van der Waals surface area contributed by atoms with Gasteiger partial charge in [-0.2, -0.15) is 13.2 Å². The summed E-state index contributed by atoms with van der Waals surface area (Å²) in [5.74, 6) is 5.89. The molecule has 0 atom stereocenters. The highest BCUT2D eigenvalue weighted by atomic mass is 32.2. The van der Waals surface area contributed by atoms with Gasteiger partial charge in [0, 0.05) is 25.3 Å². The van der Waals surface area contributed by atoms with Gasteiger partial charge in [-0.25, -0.2) is 13.6 Å². The maximum atomic E-state index is 13.5. The number of primary sulfonamides is 1. The molecule has 1 aliphatic heterocycles. The number of rotatable bonds is 9. The maximum absolute atomic E-state index is 13.5. The van der Waals surface area contributed by atoms with Crippen LogP contribution in [0.3, 0.4) is 0 Å². The van der Waals surface area contributed by atoms with E-state index in [9.17, 15) is 21.6 Å². The van der Waals surface area contributed by atoms with Crippen LogP contribution in [0.15, 0.2) is 41.3 Å². The standard InChI is InChI=1S/C26H28F3N3O5S2/c27-26(28,29)16-20-19-3-1-4-22(32-17-8-12-36-13-9-17)25(19)38-24(20)5-2-10-31-21-7-6-18(39(30,34)35)15-23(21)37-14-11-33/h1,3-4,6-7,15,17,31-33H,8-14,16H2,(H2,30,34,35). The lowest BCUT2D eigenvalue weighted by atomic mass is 10.1. The van der Waals surface area contributed by atoms with E-state index in [1.165, 1.54) is 29.5 Å². The first-order valence-corrected chi connectivity index (χ1v) is 14.5. The van der Waals surface area contributed by atoms with Gasteiger partial charge in [0.25, 0.3) is 0 Å². The molecule has 3 aromatic rings. The normalized spacial score (nSPS) is 14.6. The Labute approximate surface area is 228 Å². The van der Waals surface area contributed by atoms with Gasteiger partial charge in [-0.3, -0.25) is 0 Å². The van der Waals surface area contributed by atoms with Crippen molar-refractivity contribution in [1.29, 1.82) is 0 Å². The van der Waals surface area contributed by atoms with E-state index in [2.05, 4.69) is 22.5 Å². The van der Waals surface area contributed by atoms with Crippen molar-refractivity contribution in [3.63, 3.8) is 0 Å². The van der Waals surface area contributed by atoms with Crippen molar-refractivity contribution in [1.82, 2.24) is 0 Å². The van der Waals surface area contributed by atoms with E-state index in [4.69, 9.17) is 19.7 Å². The van der Waals surface area contributed by atoms with Gasteiger partial charge >= 0.3 is 6.18 Å². The Morgan fingerprint density at radius 3 is 2.64 bits per heavy atom. The summed E-state index contributed by atoms with van der Waals surface area (Å²) in [4.78, 5) is 0.158. The molecule has 0 saturated carbocycles. The fourth-order valence-electron chi connectivity index (χ4n) is 4.19. The van der Waals surface area contributed by atoms with Crippen LogP contribution in [0.25, 0.3) is 10.1 Å². The summed E-state index contributed by atoms with van der Waals surface area (Å²) in [6.07, 6.45) is -3.87. The number of hydrogen-bond acceptors (Lipinski definition) is 8. The summed E-state index contributed by atoms with van der Waals surface area (Å²) in [6.45, 7) is 0.938. The Bertz CT molecular complexity index is 1470. The molecule has 1 aliphatic rings. The van der Waals surface area contributed by atoms with Gasteiger partial charge in [-0.05, 0) is 42.0 Å². The van der Waals surface area contributed by atoms with Crippen molar-refractivity contribution >= 4 is 42.8 Å². The second-order valence-corrected chi connectivity index (χ2v) is 11.4. The monoisotopic (exact) mass is 583 g/mol. The SMILES string of the molecule is NS(=O)(=O)c1ccc(NCC#Cc2sc3c(NC4CCOCC4)cccc3c2CC(F)(F)F)c(OCCO)c1. The second-order valence-electron chi connectivity index (χ2n) is 8.85. The molecule has 0 radical (unpaired) electrons. The summed E-state index contributed by atoms with van der Waals surface area (Å²) in [7, 11) is -3.97. The molecular weight excluding hydrogens is 555 g/mol. The van der Waals surface area contributed by atoms with E-state index < -0.39 is 22.6 Å². The molecule has 8 nitrogen and oxygen atoms in total. The molecule has 2 aromatic carbocycles. The fourth-order valence-corrected chi connectivity index (χ4v) is 5.89. The third-order valence-corrected chi connectivity index (χ3v) is 8.08. The Morgan fingerprint density at radius 1 is 1.18 bits per heavy atom. The van der Waals surface area contributed by atoms with Crippen molar-refractivity contribution in [3.05, 3.63) is 46.8 Å². The van der Waals surface area contributed by atoms with Gasteiger partial charge < -0.3 is 25.2 Å². The Morgan fingerprint density at radius 2 is 1.95 bits per heavy atom. The van der Waals surface area contributed by atoms with Gasteiger partial charge in [0.05, 0.1) is 45.4 Å². The summed E-state index contributed by atoms with van der Waals surface area (Å²) in [5.41, 5.74) is 1.30. The van der Waals surface area contributed by atoms with Crippen molar-refractivity contribution in [2.24, 2.45) is 5.14 Å². The number of fused-ring (bicyclic) bond motifs is 1. The van der Waals surface area contributed by atoms with Crippen molar-refractivity contribution in [2.75, 3.05) is 43.6 Å². The van der Waals surface area contributed by atoms with Crippen molar-refractivity contribution in [3.8, 4) is 17.6 Å². The molecule has 5 N–H and O–H groups in total. The number of anilines is 2. The van der Waals surface area contributed by atoms with E-state index in [0.29, 0.717) is 29.2 Å². The summed E-state index contributed by atoms with van der Waals surface area (Å²) in [6, 6.07) is 9.43. The number of thiophene rings is 1. The first kappa shape index (κ1) is 29.0. The number of hydrogen-bond donors (Lipinski definition) is 4. The summed E-state index contributed by atoms with van der Waals surface area (Å²) in [5, 5.41) is 21.2. The smallest absolute Gasteiger partial charge is 0.393 e. The van der Waals surface area contributed by atoms with Gasteiger partial charge in [-0.1, -0.05) is 24.0 Å². The van der Waals surface area contributed by atoms with E-state index in [-0.39, 0.29) is 42.0 Å². The van der Waals surface area contributed by atoms with Crippen molar-refractivity contribution < 1.29 is 36.2 Å². The molecule has 210 valence electrons. The predicted molar refractivity (Wildman–Crippen MR) is 145 cm³/mol. The number of benzene rings is 2. The number of sulfonamides is 1. The average Bonchev–Trinajstić information content (AvgIpc) is 3.22. The summed E-state index contributed by atoms with van der Waals surface area (Å²) < 4.78 is 75.4. The van der Waals surface area contributed by atoms with Crippen LogP contribution in [0.5, 0.6) is 5.75 Å². The number of alkyl halides is 3. The van der Waals surface area contributed by atoms with Gasteiger partial charge in [0.15, 0.2) is 0 Å². The lowest BCUT2D eigenvalue weighted by Gasteiger charge is -2.24. The Hall–Kier alpha value is -3.02. The van der Waals surface area contributed by atoms with Crippen LogP contribution in [-0.2, 0) is 21.2 Å². The number of nitrogens with two attached hydrogens (primary N) is 1. The molecule has 39 heavy (non-hydrogen) atoms. The zero-order valence-electron chi connectivity index (χ0n) is 20.8. The van der Waals surface area contributed by atoms with Crippen LogP contribution in [0.2, 0.25) is 0 Å². The first-order chi connectivity index (χ1) is 18.5. The molecule has 1 fully saturated rings. The highest BCUT2D eigenvalue weighted by molar-refractivity contribution is 7.89. The molecule has 0 spiro atoms. The first-order valence-electron chi connectivity index (χ1n) is 12.1. The third-order valence-electron chi connectivity index (χ3n) is 5.98. The molecule has 13 heteroatoms. The highest BCUT2D eigenvalue weighted by Gasteiger charge is 2.31. The van der Waals surface area contributed by atoms with Gasteiger partial charge in [-0.15, -0.1) is 11.3 Å². The predicted octanol–water partition coefficient (Wildman–Crippen LogP) is 4.08. The minimum Gasteiger partial charge on any atom is -0.489 e. The average molecular weight is 584 g/mol. The van der Waals surface area contributed by atoms with Crippen LogP contribution in [0, 0.1) is 11.8 Å². The third kappa shape index (κ3) is 7.77. The van der Waals surface area contributed by atoms with Gasteiger partial charge in [0.1, 0.15) is 12.4 Å². The molecule has 1 saturated heterocycles. The largest absolute Gasteiger partial charge is 0.489 e. The molecule has 0 amide bonds. The summed E-state index contributed by atoms with van der Waals surface area (Å²) >= 11 is 1.22. The number of halogens is 3. The Kier molecular flexibility index (Phi) is 9.24. The van der Waals surface area contributed by atoms with Crippen LogP contribution in [0.1, 0.15) is 23.3 Å². The molecule has 4 rings (SSSR count). The zero-order valence-corrected chi connectivity index (χ0v) is 22.4. The van der Waals surface area contributed by atoms with E-state index in [1.807, 2.05) is 6.07 Å². The Balaban J connectivity index is 1.60. The van der Waals surface area contributed by atoms with E-state index in [0.717, 1.165) is 23.2 Å². The van der Waals surface area contributed by atoms with Crippen LogP contribution < -0.4 is 20.5 Å². The van der Waals surface area contributed by atoms with Gasteiger partial charge in [0.2, 0.25) is 10.0 Å². The zero-order chi connectivity index (χ0) is 28.0. The second kappa shape index (κ2) is 12.4. The molecule has 1 aromatic heterocycles. The minimum atomic E-state index is -4.41. The number of ether oxygens (including phenoxy) is 2. The molecule has 2 heterocycles. The molecule has 0 bridgehead atoms. The minimum absolute atomic E-state index is 0.0388. The number of aliphatic hydroxyl groups excluding tert-OH is 1. The lowest BCUT2D eigenvalue weighted by molar-refractivity contribution is -0.126. The van der Waals surface area contributed by atoms with E-state index in [1.54, 1.807) is 12.1 Å². The fraction of sp³-hybridized carbons (Fsp3) is 0.385. The molecular formula is C26H28F3N3O5S2. The molecule has 0 aliphatic carbocycles. The number of nitrogens with one attached hydrogen (secondary N) is 2. The van der Waals surface area contributed by atoms with Crippen molar-refractivity contribution in [2.45, 2.75) is 36.4 Å². The van der Waals surface area contributed by atoms with Crippen LogP contribution in [0.4, 0.5) is 24.5 Å². The van der Waals surface area contributed by atoms with Crippen LogP contribution >= 0.6 is 11.3 Å². The van der Waals surface area contributed by atoms with E-state index >= 15 is 0 Å². The maximum Gasteiger partial charge on any atom is 0.393 e. The lowest BCUT2D eigenvalue weighted by Crippen LogP contribution is -2.27. The number of aliphatic hydroxyl groups is 1. The highest BCUT2D eigenvalue weighted by Crippen LogP contribution is 2.39. The topological polar surface area (TPSA) is 123 Å².